The number of hydrogen-bond acceptors (Lipinski definition) is 2. The summed E-state index contributed by atoms with van der Waals surface area (Å²) in [4.78, 5) is 8.25. The van der Waals surface area contributed by atoms with Crippen molar-refractivity contribution < 1.29 is 0 Å². The van der Waals surface area contributed by atoms with Gasteiger partial charge in [0.05, 0.1) is 12.1 Å². The molecule has 0 aliphatic heterocycles. The van der Waals surface area contributed by atoms with Crippen molar-refractivity contribution in [3.05, 3.63) is 42.1 Å². The average molecular weight is 200 g/mol. The summed E-state index contributed by atoms with van der Waals surface area (Å²) in [6, 6.07) is 9.84. The van der Waals surface area contributed by atoms with Gasteiger partial charge in [-0.15, -0.1) is 0 Å². The van der Waals surface area contributed by atoms with Crippen LogP contribution < -0.4 is 11.5 Å². The third kappa shape index (κ3) is 2.04. The van der Waals surface area contributed by atoms with Crippen LogP contribution in [-0.4, -0.2) is 10.9 Å². The van der Waals surface area contributed by atoms with Crippen molar-refractivity contribution in [1.29, 1.82) is 0 Å². The Morgan fingerprint density at radius 3 is 2.80 bits per heavy atom. The van der Waals surface area contributed by atoms with E-state index in [-0.39, 0.29) is 5.96 Å². The summed E-state index contributed by atoms with van der Waals surface area (Å²) >= 11 is 0. The Balaban J connectivity index is 2.47. The summed E-state index contributed by atoms with van der Waals surface area (Å²) in [7, 11) is 0. The molecule has 4 heteroatoms. The van der Waals surface area contributed by atoms with E-state index in [4.69, 9.17) is 11.5 Å². The number of nitrogens with two attached hydrogens (primary N) is 2. The first-order chi connectivity index (χ1) is 7.27. The van der Waals surface area contributed by atoms with Crippen molar-refractivity contribution in [3.63, 3.8) is 0 Å². The van der Waals surface area contributed by atoms with Gasteiger partial charge in [0, 0.05) is 11.6 Å². The lowest BCUT2D eigenvalue weighted by molar-refractivity contribution is 1.06. The van der Waals surface area contributed by atoms with E-state index in [2.05, 4.69) is 9.98 Å². The Morgan fingerprint density at radius 1 is 1.20 bits per heavy atom. The second-order valence-electron chi connectivity index (χ2n) is 3.23. The van der Waals surface area contributed by atoms with E-state index in [0.29, 0.717) is 6.54 Å². The minimum atomic E-state index is 0.107. The fourth-order valence-corrected chi connectivity index (χ4v) is 1.47. The zero-order chi connectivity index (χ0) is 10.7. The van der Waals surface area contributed by atoms with Crippen LogP contribution in [0, 0.1) is 0 Å². The van der Waals surface area contributed by atoms with Gasteiger partial charge in [-0.1, -0.05) is 18.2 Å². The van der Waals surface area contributed by atoms with Gasteiger partial charge in [-0.3, -0.25) is 4.98 Å². The number of aromatic nitrogens is 1. The fraction of sp³-hybridized carbons (Fsp3) is 0.0909. The third-order valence-corrected chi connectivity index (χ3v) is 2.17. The first kappa shape index (κ1) is 9.45. The maximum absolute atomic E-state index is 5.30. The second-order valence-corrected chi connectivity index (χ2v) is 3.23. The Bertz CT molecular complexity index is 495. The molecule has 15 heavy (non-hydrogen) atoms. The highest BCUT2D eigenvalue weighted by Crippen LogP contribution is 2.16. The van der Waals surface area contributed by atoms with Crippen LogP contribution in [0.4, 0.5) is 0 Å². The molecule has 1 aromatic carbocycles. The molecule has 76 valence electrons. The minimum Gasteiger partial charge on any atom is -0.370 e. The highest BCUT2D eigenvalue weighted by molar-refractivity contribution is 5.82. The molecule has 1 aromatic heterocycles. The standard InChI is InChI=1S/C11H12N4/c12-11(13)15-7-8-5-6-14-10-4-2-1-3-9(8)10/h1-6H,7H2,(H4,12,13,15). The zero-order valence-electron chi connectivity index (χ0n) is 8.22. The first-order valence-corrected chi connectivity index (χ1v) is 4.65. The molecule has 0 saturated heterocycles. The molecule has 0 fully saturated rings. The maximum atomic E-state index is 5.30. The van der Waals surface area contributed by atoms with Crippen LogP contribution in [0.1, 0.15) is 5.56 Å². The summed E-state index contributed by atoms with van der Waals surface area (Å²) in [5, 5.41) is 1.09. The van der Waals surface area contributed by atoms with Crippen molar-refractivity contribution in [3.8, 4) is 0 Å². The van der Waals surface area contributed by atoms with Gasteiger partial charge in [0.1, 0.15) is 0 Å². The lowest BCUT2D eigenvalue weighted by atomic mass is 10.1. The van der Waals surface area contributed by atoms with Gasteiger partial charge in [-0.05, 0) is 17.7 Å². The van der Waals surface area contributed by atoms with E-state index in [0.717, 1.165) is 16.5 Å². The number of nitrogens with zero attached hydrogens (tertiary/aromatic N) is 2. The largest absolute Gasteiger partial charge is 0.370 e. The SMILES string of the molecule is NC(N)=NCc1ccnc2ccccc12. The summed E-state index contributed by atoms with van der Waals surface area (Å²) in [6.45, 7) is 0.491. The van der Waals surface area contributed by atoms with Crippen LogP contribution in [-0.2, 0) is 6.54 Å². The Labute approximate surface area is 87.6 Å². The van der Waals surface area contributed by atoms with Crippen LogP contribution >= 0.6 is 0 Å². The third-order valence-electron chi connectivity index (χ3n) is 2.17. The molecule has 0 saturated carbocycles. The van der Waals surface area contributed by atoms with Crippen molar-refractivity contribution in [2.45, 2.75) is 6.54 Å². The lowest BCUT2D eigenvalue weighted by Crippen LogP contribution is -2.22. The molecule has 0 atom stereocenters. The molecular weight excluding hydrogens is 188 g/mol. The number of rotatable bonds is 2. The van der Waals surface area contributed by atoms with Gasteiger partial charge in [-0.2, -0.15) is 0 Å². The van der Waals surface area contributed by atoms with Gasteiger partial charge >= 0.3 is 0 Å². The monoisotopic (exact) mass is 200 g/mol. The van der Waals surface area contributed by atoms with Crippen LogP contribution in [0.3, 0.4) is 0 Å². The van der Waals surface area contributed by atoms with Crippen LogP contribution in [0.15, 0.2) is 41.5 Å². The van der Waals surface area contributed by atoms with Gasteiger partial charge in [0.15, 0.2) is 5.96 Å². The van der Waals surface area contributed by atoms with Crippen molar-refractivity contribution in [1.82, 2.24) is 4.98 Å². The predicted octanol–water partition coefficient (Wildman–Crippen LogP) is 1.01. The number of fused-ring (bicyclic) bond motifs is 1. The first-order valence-electron chi connectivity index (χ1n) is 4.65. The molecule has 2 aromatic rings. The quantitative estimate of drug-likeness (QED) is 0.561. The minimum absolute atomic E-state index is 0.107. The Kier molecular flexibility index (Phi) is 2.49. The van der Waals surface area contributed by atoms with Gasteiger partial charge in [0.25, 0.3) is 0 Å². The predicted molar refractivity (Wildman–Crippen MR) is 61.3 cm³/mol. The Hall–Kier alpha value is -2.10. The van der Waals surface area contributed by atoms with Gasteiger partial charge in [-0.25, -0.2) is 4.99 Å². The van der Waals surface area contributed by atoms with Crippen LogP contribution in [0.2, 0.25) is 0 Å². The molecule has 0 aliphatic rings. The van der Waals surface area contributed by atoms with Crippen LogP contribution in [0.25, 0.3) is 10.9 Å². The van der Waals surface area contributed by atoms with E-state index in [1.54, 1.807) is 6.20 Å². The van der Waals surface area contributed by atoms with Crippen LogP contribution in [0.5, 0.6) is 0 Å². The second kappa shape index (κ2) is 3.96. The summed E-state index contributed by atoms with van der Waals surface area (Å²) < 4.78 is 0. The average Bonchev–Trinajstić information content (AvgIpc) is 2.26. The number of para-hydroxylation sites is 1. The smallest absolute Gasteiger partial charge is 0.186 e. The van der Waals surface area contributed by atoms with Crippen molar-refractivity contribution >= 4 is 16.9 Å². The van der Waals surface area contributed by atoms with E-state index in [1.165, 1.54) is 0 Å². The Morgan fingerprint density at radius 2 is 2.00 bits per heavy atom. The van der Waals surface area contributed by atoms with E-state index < -0.39 is 0 Å². The normalized spacial score (nSPS) is 10.1. The summed E-state index contributed by atoms with van der Waals surface area (Å²) in [5.74, 6) is 0.107. The molecule has 4 N–H and O–H groups in total. The molecule has 0 bridgehead atoms. The van der Waals surface area contributed by atoms with Crippen molar-refractivity contribution in [2.24, 2.45) is 16.5 Å². The van der Waals surface area contributed by atoms with Gasteiger partial charge in [0.2, 0.25) is 0 Å². The lowest BCUT2D eigenvalue weighted by Gasteiger charge is -2.02. The highest BCUT2D eigenvalue weighted by Gasteiger charge is 1.99. The number of guanidine groups is 1. The number of hydrogen-bond donors (Lipinski definition) is 2. The summed E-state index contributed by atoms with van der Waals surface area (Å²) in [6.07, 6.45) is 1.76. The van der Waals surface area contributed by atoms with Crippen molar-refractivity contribution in [2.75, 3.05) is 0 Å². The molecule has 4 nitrogen and oxygen atoms in total. The molecule has 0 amide bonds. The van der Waals surface area contributed by atoms with Gasteiger partial charge < -0.3 is 11.5 Å². The van der Waals surface area contributed by atoms with E-state index in [1.807, 2.05) is 30.3 Å². The number of aliphatic imine (C=N–C) groups is 1. The molecule has 0 radical (unpaired) electrons. The molecule has 0 unspecified atom stereocenters. The maximum Gasteiger partial charge on any atom is 0.186 e. The molecule has 1 heterocycles. The zero-order valence-corrected chi connectivity index (χ0v) is 8.22. The molecule has 2 rings (SSSR count). The molecule has 0 aliphatic carbocycles. The highest BCUT2D eigenvalue weighted by atomic mass is 15.0. The fourth-order valence-electron chi connectivity index (χ4n) is 1.47. The molecular formula is C11H12N4. The van der Waals surface area contributed by atoms with E-state index >= 15 is 0 Å². The number of benzene rings is 1. The number of pyridine rings is 1. The molecule has 0 spiro atoms. The topological polar surface area (TPSA) is 77.3 Å². The summed E-state index contributed by atoms with van der Waals surface area (Å²) in [5.41, 5.74) is 12.6. The van der Waals surface area contributed by atoms with E-state index in [9.17, 15) is 0 Å².